The Morgan fingerprint density at radius 1 is 1.50 bits per heavy atom. The highest BCUT2D eigenvalue weighted by molar-refractivity contribution is 5.62. The van der Waals surface area contributed by atoms with Crippen molar-refractivity contribution in [3.05, 3.63) is 28.7 Å². The van der Waals surface area contributed by atoms with Gasteiger partial charge in [0.25, 0.3) is 0 Å². The van der Waals surface area contributed by atoms with Gasteiger partial charge in [-0.15, -0.1) is 4.91 Å². The van der Waals surface area contributed by atoms with Gasteiger partial charge in [-0.05, 0) is 29.8 Å². The number of benzene rings is 1. The summed E-state index contributed by atoms with van der Waals surface area (Å²) in [5, 5.41) is 2.74. The molecule has 0 aliphatic rings. The smallest absolute Gasteiger partial charge is 0.130 e. The van der Waals surface area contributed by atoms with Gasteiger partial charge >= 0.3 is 0 Å². The molecule has 3 heteroatoms. The van der Waals surface area contributed by atoms with E-state index in [4.69, 9.17) is 5.73 Å². The second-order valence-corrected chi connectivity index (χ2v) is 2.15. The zero-order valence-electron chi connectivity index (χ0n) is 5.66. The Labute approximate surface area is 58.8 Å². The van der Waals surface area contributed by atoms with E-state index >= 15 is 0 Å². The Morgan fingerprint density at radius 3 is 2.70 bits per heavy atom. The van der Waals surface area contributed by atoms with Crippen molar-refractivity contribution in [3.8, 4) is 0 Å². The lowest BCUT2D eigenvalue weighted by molar-refractivity contribution is 1.43. The van der Waals surface area contributed by atoms with Gasteiger partial charge < -0.3 is 5.73 Å². The largest absolute Gasteiger partial charge is 0.397 e. The molecule has 0 radical (unpaired) electrons. The number of nitrogens with zero attached hydrogens (tertiary/aromatic N) is 1. The van der Waals surface area contributed by atoms with E-state index in [9.17, 15) is 4.91 Å². The molecule has 52 valence electrons. The van der Waals surface area contributed by atoms with E-state index in [-0.39, 0.29) is 0 Å². The van der Waals surface area contributed by atoms with Crippen molar-refractivity contribution in [2.45, 2.75) is 6.92 Å². The molecule has 0 aliphatic heterocycles. The van der Waals surface area contributed by atoms with Gasteiger partial charge in [0.2, 0.25) is 0 Å². The molecule has 1 rings (SSSR count). The molecule has 1 aromatic carbocycles. The molecule has 0 saturated carbocycles. The van der Waals surface area contributed by atoms with E-state index in [2.05, 4.69) is 5.18 Å². The number of hydrogen-bond acceptors (Lipinski definition) is 3. The van der Waals surface area contributed by atoms with E-state index in [1.165, 1.54) is 0 Å². The summed E-state index contributed by atoms with van der Waals surface area (Å²) >= 11 is 0. The van der Waals surface area contributed by atoms with Crippen molar-refractivity contribution >= 4 is 11.4 Å². The molecule has 0 bridgehead atoms. The van der Waals surface area contributed by atoms with Gasteiger partial charge in [0.05, 0.1) is 5.69 Å². The predicted octanol–water partition coefficient (Wildman–Crippen LogP) is 1.98. The van der Waals surface area contributed by atoms with Crippen LogP contribution in [-0.4, -0.2) is 0 Å². The van der Waals surface area contributed by atoms with Crippen molar-refractivity contribution in [2.24, 2.45) is 5.18 Å². The molecule has 10 heavy (non-hydrogen) atoms. The molecule has 0 aliphatic carbocycles. The van der Waals surface area contributed by atoms with Gasteiger partial charge in [-0.2, -0.15) is 0 Å². The summed E-state index contributed by atoms with van der Waals surface area (Å²) in [6.45, 7) is 1.91. The second kappa shape index (κ2) is 2.47. The van der Waals surface area contributed by atoms with Gasteiger partial charge in [-0.1, -0.05) is 6.07 Å². The van der Waals surface area contributed by atoms with Crippen LogP contribution in [0.4, 0.5) is 11.4 Å². The summed E-state index contributed by atoms with van der Waals surface area (Å²) in [7, 11) is 0. The van der Waals surface area contributed by atoms with Crippen LogP contribution < -0.4 is 5.73 Å². The van der Waals surface area contributed by atoms with E-state index in [1.54, 1.807) is 18.2 Å². The van der Waals surface area contributed by atoms with Crippen molar-refractivity contribution in [1.82, 2.24) is 0 Å². The van der Waals surface area contributed by atoms with Crippen molar-refractivity contribution in [1.29, 1.82) is 0 Å². The van der Waals surface area contributed by atoms with Gasteiger partial charge in [-0.25, -0.2) is 0 Å². The normalized spacial score (nSPS) is 9.30. The highest BCUT2D eigenvalue weighted by Gasteiger charge is 1.96. The summed E-state index contributed by atoms with van der Waals surface area (Å²) in [5.41, 5.74) is 7.22. The zero-order valence-corrected chi connectivity index (χ0v) is 5.66. The van der Waals surface area contributed by atoms with Crippen LogP contribution in [0.25, 0.3) is 0 Å². The molecule has 2 N–H and O–H groups in total. The Morgan fingerprint density at radius 2 is 2.20 bits per heavy atom. The highest BCUT2D eigenvalue weighted by Crippen LogP contribution is 2.21. The van der Waals surface area contributed by atoms with E-state index in [0.29, 0.717) is 11.4 Å². The first-order valence-corrected chi connectivity index (χ1v) is 2.93. The standard InChI is InChI=1S/C7H8N2O/c1-5-2-3-7(9-10)6(8)4-5/h2-4H,8H2,1H3. The molecule has 0 heterocycles. The fraction of sp³-hybridized carbons (Fsp3) is 0.143. The predicted molar refractivity (Wildman–Crippen MR) is 41.0 cm³/mol. The quantitative estimate of drug-likeness (QED) is 0.474. The zero-order chi connectivity index (χ0) is 7.56. The Bertz CT molecular complexity index is 258. The van der Waals surface area contributed by atoms with Gasteiger partial charge in [-0.3, -0.25) is 0 Å². The van der Waals surface area contributed by atoms with Crippen LogP contribution in [0.2, 0.25) is 0 Å². The molecule has 0 atom stereocenters. The SMILES string of the molecule is Cc1ccc(N=O)c(N)c1. The van der Waals surface area contributed by atoms with E-state index < -0.39 is 0 Å². The van der Waals surface area contributed by atoms with Crippen LogP contribution in [0, 0.1) is 11.8 Å². The molecule has 0 amide bonds. The van der Waals surface area contributed by atoms with Crippen molar-refractivity contribution in [2.75, 3.05) is 5.73 Å². The first-order chi connectivity index (χ1) is 4.74. The van der Waals surface area contributed by atoms with Gasteiger partial charge in [0.15, 0.2) is 0 Å². The van der Waals surface area contributed by atoms with Crippen LogP contribution in [0.1, 0.15) is 5.56 Å². The van der Waals surface area contributed by atoms with Crippen molar-refractivity contribution in [3.63, 3.8) is 0 Å². The Balaban J connectivity index is 3.19. The first kappa shape index (κ1) is 6.74. The third-order valence-corrected chi connectivity index (χ3v) is 1.28. The summed E-state index contributed by atoms with van der Waals surface area (Å²) in [6, 6.07) is 5.13. The van der Waals surface area contributed by atoms with Crippen LogP contribution in [0.5, 0.6) is 0 Å². The highest BCUT2D eigenvalue weighted by atomic mass is 16.3. The summed E-state index contributed by atoms with van der Waals surface area (Å²) in [6.07, 6.45) is 0. The second-order valence-electron chi connectivity index (χ2n) is 2.15. The lowest BCUT2D eigenvalue weighted by Crippen LogP contribution is -1.85. The van der Waals surface area contributed by atoms with Gasteiger partial charge in [0.1, 0.15) is 5.69 Å². The fourth-order valence-corrected chi connectivity index (χ4v) is 0.757. The third kappa shape index (κ3) is 1.13. The van der Waals surface area contributed by atoms with Crippen molar-refractivity contribution < 1.29 is 0 Å². The topological polar surface area (TPSA) is 55.5 Å². The lowest BCUT2D eigenvalue weighted by Gasteiger charge is -1.96. The molecular weight excluding hydrogens is 128 g/mol. The first-order valence-electron chi connectivity index (χ1n) is 2.93. The average molecular weight is 136 g/mol. The number of aryl methyl sites for hydroxylation is 1. The van der Waals surface area contributed by atoms with Crippen LogP contribution in [0.3, 0.4) is 0 Å². The molecule has 0 unspecified atom stereocenters. The summed E-state index contributed by atoms with van der Waals surface area (Å²) in [5.74, 6) is 0. The van der Waals surface area contributed by atoms with E-state index in [1.807, 2.05) is 6.92 Å². The number of nitroso groups, excluding NO2 is 1. The number of anilines is 1. The molecular formula is C7H8N2O. The summed E-state index contributed by atoms with van der Waals surface area (Å²) in [4.78, 5) is 10.0. The molecule has 0 spiro atoms. The molecule has 0 fully saturated rings. The number of hydrogen-bond donors (Lipinski definition) is 1. The van der Waals surface area contributed by atoms with Crippen LogP contribution in [0.15, 0.2) is 23.4 Å². The average Bonchev–Trinajstić information content (AvgIpc) is 1.88. The summed E-state index contributed by atoms with van der Waals surface area (Å²) < 4.78 is 0. The van der Waals surface area contributed by atoms with E-state index in [0.717, 1.165) is 5.56 Å². The monoisotopic (exact) mass is 136 g/mol. The minimum atomic E-state index is 0.311. The van der Waals surface area contributed by atoms with Crippen LogP contribution in [-0.2, 0) is 0 Å². The molecule has 1 aromatic rings. The molecule has 0 saturated heterocycles. The molecule has 0 aromatic heterocycles. The number of nitrogen functional groups attached to an aromatic ring is 1. The fourth-order valence-electron chi connectivity index (χ4n) is 0.757. The number of rotatable bonds is 1. The maximum absolute atomic E-state index is 10.0. The number of nitrogens with two attached hydrogens (primary N) is 1. The lowest BCUT2D eigenvalue weighted by atomic mass is 10.2. The maximum Gasteiger partial charge on any atom is 0.130 e. The Kier molecular flexibility index (Phi) is 1.67. The third-order valence-electron chi connectivity index (χ3n) is 1.28. The van der Waals surface area contributed by atoms with Gasteiger partial charge in [0, 0.05) is 0 Å². The minimum Gasteiger partial charge on any atom is -0.397 e. The Hall–Kier alpha value is -1.38. The molecule has 3 nitrogen and oxygen atoms in total. The van der Waals surface area contributed by atoms with Crippen LogP contribution >= 0.6 is 0 Å². The maximum atomic E-state index is 10.0. The minimum absolute atomic E-state index is 0.311.